The zero-order valence-corrected chi connectivity index (χ0v) is 13.3. The van der Waals surface area contributed by atoms with Crippen LogP contribution in [0.5, 0.6) is 0 Å². The Bertz CT molecular complexity index is 854. The van der Waals surface area contributed by atoms with E-state index in [-0.39, 0.29) is 5.91 Å². The topological polar surface area (TPSA) is 50.5 Å². The van der Waals surface area contributed by atoms with Gasteiger partial charge in [-0.3, -0.25) is 9.20 Å². The summed E-state index contributed by atoms with van der Waals surface area (Å²) in [5, 5.41) is 8.87. The molecule has 6 heteroatoms. The van der Waals surface area contributed by atoms with Crippen molar-refractivity contribution in [1.29, 1.82) is 0 Å². The summed E-state index contributed by atoms with van der Waals surface area (Å²) in [7, 11) is 1.73. The van der Waals surface area contributed by atoms with Crippen LogP contribution in [-0.2, 0) is 11.3 Å². The molecule has 1 amide bonds. The third kappa shape index (κ3) is 3.57. The van der Waals surface area contributed by atoms with E-state index in [1.807, 2.05) is 40.9 Å². The van der Waals surface area contributed by atoms with E-state index in [0.29, 0.717) is 11.6 Å². The van der Waals surface area contributed by atoms with Crippen molar-refractivity contribution in [3.63, 3.8) is 0 Å². The fourth-order valence-corrected chi connectivity index (χ4v) is 2.28. The number of fused-ring (bicyclic) bond motifs is 1. The van der Waals surface area contributed by atoms with Gasteiger partial charge in [0.25, 0.3) is 0 Å². The highest BCUT2D eigenvalue weighted by atomic mass is 35.5. The second kappa shape index (κ2) is 6.62. The van der Waals surface area contributed by atoms with Crippen LogP contribution in [0.1, 0.15) is 11.4 Å². The van der Waals surface area contributed by atoms with Crippen molar-refractivity contribution >= 4 is 29.2 Å². The van der Waals surface area contributed by atoms with Gasteiger partial charge >= 0.3 is 0 Å². The van der Waals surface area contributed by atoms with E-state index in [1.54, 1.807) is 30.2 Å². The number of nitrogens with zero attached hydrogens (tertiary/aromatic N) is 4. The van der Waals surface area contributed by atoms with E-state index in [9.17, 15) is 4.79 Å². The second-order valence-corrected chi connectivity index (χ2v) is 5.56. The molecular weight excluding hydrogens is 312 g/mol. The van der Waals surface area contributed by atoms with Gasteiger partial charge in [0.1, 0.15) is 0 Å². The molecule has 116 valence electrons. The molecule has 3 rings (SSSR count). The molecule has 5 nitrogen and oxygen atoms in total. The van der Waals surface area contributed by atoms with Gasteiger partial charge in [0.2, 0.25) is 5.91 Å². The Morgan fingerprint density at radius 2 is 2.00 bits per heavy atom. The summed E-state index contributed by atoms with van der Waals surface area (Å²) in [5.74, 6) is 0.615. The summed E-state index contributed by atoms with van der Waals surface area (Å²) in [6, 6.07) is 13.0. The van der Waals surface area contributed by atoms with Gasteiger partial charge < -0.3 is 4.90 Å². The van der Waals surface area contributed by atoms with Crippen molar-refractivity contribution in [3.05, 3.63) is 71.1 Å². The lowest BCUT2D eigenvalue weighted by Crippen LogP contribution is -2.25. The first-order valence-corrected chi connectivity index (χ1v) is 7.49. The number of carbonyl (C=O) groups is 1. The highest BCUT2D eigenvalue weighted by Gasteiger charge is 2.10. The predicted molar refractivity (Wildman–Crippen MR) is 89.9 cm³/mol. The van der Waals surface area contributed by atoms with E-state index in [2.05, 4.69) is 10.2 Å². The van der Waals surface area contributed by atoms with E-state index in [0.717, 1.165) is 17.0 Å². The summed E-state index contributed by atoms with van der Waals surface area (Å²) < 4.78 is 1.87. The van der Waals surface area contributed by atoms with Gasteiger partial charge in [-0.1, -0.05) is 29.8 Å². The minimum absolute atomic E-state index is 0.104. The zero-order valence-electron chi connectivity index (χ0n) is 12.6. The zero-order chi connectivity index (χ0) is 16.2. The first-order chi connectivity index (χ1) is 11.1. The number of pyridine rings is 1. The maximum absolute atomic E-state index is 12.2. The maximum atomic E-state index is 12.2. The average Bonchev–Trinajstić information content (AvgIpc) is 2.97. The standard InChI is InChI=1S/C17H15ClN4O/c1-21(12-16-20-19-15-4-2-3-11-22(15)16)17(23)10-7-13-5-8-14(18)9-6-13/h2-11H,12H2,1H3/b10-7+. The molecule has 23 heavy (non-hydrogen) atoms. The molecule has 0 fully saturated rings. The molecule has 0 spiro atoms. The molecular formula is C17H15ClN4O. The third-order valence-electron chi connectivity index (χ3n) is 3.43. The molecule has 2 heterocycles. The molecule has 0 saturated heterocycles. The van der Waals surface area contributed by atoms with Crippen LogP contribution in [0.4, 0.5) is 0 Å². The molecule has 1 aromatic carbocycles. The Balaban J connectivity index is 1.69. The number of rotatable bonds is 4. The average molecular weight is 327 g/mol. The van der Waals surface area contributed by atoms with Gasteiger partial charge in [0.15, 0.2) is 11.5 Å². The third-order valence-corrected chi connectivity index (χ3v) is 3.68. The molecule has 0 N–H and O–H groups in total. The van der Waals surface area contributed by atoms with E-state index in [1.165, 1.54) is 6.08 Å². The molecule has 0 bridgehead atoms. The van der Waals surface area contributed by atoms with Crippen molar-refractivity contribution in [2.45, 2.75) is 6.54 Å². The monoisotopic (exact) mass is 326 g/mol. The number of amides is 1. The molecule has 0 aliphatic heterocycles. The van der Waals surface area contributed by atoms with E-state index < -0.39 is 0 Å². The van der Waals surface area contributed by atoms with Crippen LogP contribution in [0.15, 0.2) is 54.7 Å². The minimum Gasteiger partial charge on any atom is -0.335 e. The molecule has 0 aliphatic rings. The minimum atomic E-state index is -0.104. The van der Waals surface area contributed by atoms with E-state index in [4.69, 9.17) is 11.6 Å². The summed E-state index contributed by atoms with van der Waals surface area (Å²) in [6.45, 7) is 0.384. The first kappa shape index (κ1) is 15.2. The highest BCUT2D eigenvalue weighted by molar-refractivity contribution is 6.30. The highest BCUT2D eigenvalue weighted by Crippen LogP contribution is 2.11. The van der Waals surface area contributed by atoms with Crippen LogP contribution in [0.25, 0.3) is 11.7 Å². The Labute approximate surface area is 138 Å². The number of benzene rings is 1. The smallest absolute Gasteiger partial charge is 0.246 e. The molecule has 0 atom stereocenters. The summed E-state index contributed by atoms with van der Waals surface area (Å²) in [6.07, 6.45) is 5.18. The van der Waals surface area contributed by atoms with Crippen LogP contribution in [0.2, 0.25) is 5.02 Å². The summed E-state index contributed by atoms with van der Waals surface area (Å²) >= 11 is 5.84. The van der Waals surface area contributed by atoms with Gasteiger partial charge in [-0.05, 0) is 35.9 Å². The fourth-order valence-electron chi connectivity index (χ4n) is 2.16. The van der Waals surface area contributed by atoms with Crippen LogP contribution in [0.3, 0.4) is 0 Å². The van der Waals surface area contributed by atoms with Gasteiger partial charge in [-0.15, -0.1) is 10.2 Å². The van der Waals surface area contributed by atoms with Crippen molar-refractivity contribution < 1.29 is 4.79 Å². The number of likely N-dealkylation sites (N-methyl/N-ethyl adjacent to an activating group) is 1. The predicted octanol–water partition coefficient (Wildman–Crippen LogP) is 3.05. The molecule has 2 aromatic heterocycles. The lowest BCUT2D eigenvalue weighted by atomic mass is 10.2. The maximum Gasteiger partial charge on any atom is 0.246 e. The summed E-state index contributed by atoms with van der Waals surface area (Å²) in [4.78, 5) is 13.8. The number of halogens is 1. The number of carbonyl (C=O) groups excluding carboxylic acids is 1. The van der Waals surface area contributed by atoms with Crippen molar-refractivity contribution in [2.75, 3.05) is 7.05 Å². The Kier molecular flexibility index (Phi) is 4.39. The molecule has 0 radical (unpaired) electrons. The number of aromatic nitrogens is 3. The van der Waals surface area contributed by atoms with Crippen molar-refractivity contribution in [3.8, 4) is 0 Å². The van der Waals surface area contributed by atoms with Crippen LogP contribution < -0.4 is 0 Å². The lowest BCUT2D eigenvalue weighted by molar-refractivity contribution is -0.125. The van der Waals surface area contributed by atoms with Crippen molar-refractivity contribution in [2.24, 2.45) is 0 Å². The quantitative estimate of drug-likeness (QED) is 0.692. The van der Waals surface area contributed by atoms with Gasteiger partial charge in [-0.25, -0.2) is 0 Å². The first-order valence-electron chi connectivity index (χ1n) is 7.11. The fraction of sp³-hybridized carbons (Fsp3) is 0.118. The van der Waals surface area contributed by atoms with Gasteiger partial charge in [-0.2, -0.15) is 0 Å². The Morgan fingerprint density at radius 1 is 1.22 bits per heavy atom. The van der Waals surface area contributed by atoms with Crippen LogP contribution in [0, 0.1) is 0 Å². The Morgan fingerprint density at radius 3 is 2.78 bits per heavy atom. The van der Waals surface area contributed by atoms with Gasteiger partial charge in [0, 0.05) is 24.3 Å². The molecule has 0 aliphatic carbocycles. The van der Waals surface area contributed by atoms with Gasteiger partial charge in [0.05, 0.1) is 6.54 Å². The van der Waals surface area contributed by atoms with Crippen molar-refractivity contribution in [1.82, 2.24) is 19.5 Å². The van der Waals surface area contributed by atoms with Crippen LogP contribution >= 0.6 is 11.6 Å². The largest absolute Gasteiger partial charge is 0.335 e. The SMILES string of the molecule is CN(Cc1nnc2ccccn12)C(=O)/C=C/c1ccc(Cl)cc1. The van der Waals surface area contributed by atoms with Crippen LogP contribution in [-0.4, -0.2) is 32.5 Å². The van der Waals surface area contributed by atoms with E-state index >= 15 is 0 Å². The Hall–Kier alpha value is -2.66. The normalized spacial score (nSPS) is 11.2. The molecule has 0 unspecified atom stereocenters. The molecule has 3 aromatic rings. The molecule has 0 saturated carbocycles. The lowest BCUT2D eigenvalue weighted by Gasteiger charge is -2.13. The second-order valence-electron chi connectivity index (χ2n) is 5.12. The number of hydrogen-bond donors (Lipinski definition) is 0. The summed E-state index contributed by atoms with van der Waals surface area (Å²) in [5.41, 5.74) is 1.68. The number of hydrogen-bond acceptors (Lipinski definition) is 3.